The van der Waals surface area contributed by atoms with Crippen LogP contribution in [0.5, 0.6) is 5.75 Å². The Kier molecular flexibility index (Phi) is 9.19. The Balaban J connectivity index is 1.28. The molecule has 0 spiro atoms. The number of hydrogen-bond donors (Lipinski definition) is 0. The molecule has 0 heterocycles. The molecule has 184 valence electrons. The quantitative estimate of drug-likeness (QED) is 0.340. The number of hydrogen-bond acceptors (Lipinski definition) is 1. The van der Waals surface area contributed by atoms with E-state index in [-0.39, 0.29) is 10.8 Å². The third-order valence-corrected chi connectivity index (χ3v) is 9.57. The van der Waals surface area contributed by atoms with Crippen molar-refractivity contribution in [1.82, 2.24) is 0 Å². The van der Waals surface area contributed by atoms with Crippen LogP contribution in [-0.4, -0.2) is 6.61 Å². The number of rotatable bonds is 8. The van der Waals surface area contributed by atoms with Gasteiger partial charge in [-0.15, -0.1) is 0 Å². The van der Waals surface area contributed by atoms with Crippen LogP contribution in [0.15, 0.2) is 18.2 Å². The molecule has 0 aliphatic heterocycles. The zero-order valence-electron chi connectivity index (χ0n) is 20.9. The predicted octanol–water partition coefficient (Wildman–Crippen LogP) is 9.86. The lowest BCUT2D eigenvalue weighted by atomic mass is 9.65. The van der Waals surface area contributed by atoms with Crippen molar-refractivity contribution < 1.29 is 9.13 Å². The maximum atomic E-state index is 15.0. The smallest absolute Gasteiger partial charge is 0.153 e. The van der Waals surface area contributed by atoms with Crippen LogP contribution in [0.4, 0.5) is 4.39 Å². The van der Waals surface area contributed by atoms with E-state index in [0.717, 1.165) is 60.8 Å². The summed E-state index contributed by atoms with van der Waals surface area (Å²) < 4.78 is 20.7. The normalized spacial score (nSPS) is 30.7. The summed E-state index contributed by atoms with van der Waals surface area (Å²) >= 11 is 6.31. The monoisotopic (exact) mass is 474 g/mol. The minimum absolute atomic E-state index is 0.137. The number of unbranched alkanes of at least 4 members (excludes halogenated alkanes) is 1. The van der Waals surface area contributed by atoms with E-state index in [1.165, 1.54) is 64.2 Å². The van der Waals surface area contributed by atoms with Gasteiger partial charge in [-0.2, -0.15) is 0 Å². The third kappa shape index (κ3) is 6.16. The second-order valence-electron chi connectivity index (χ2n) is 11.1. The highest BCUT2D eigenvalue weighted by molar-refractivity contribution is 6.32. The van der Waals surface area contributed by atoms with Crippen molar-refractivity contribution in [1.29, 1.82) is 0 Å². The number of ether oxygens (including phenoxy) is 1. The molecule has 1 nitrogen and oxygen atoms in total. The van der Waals surface area contributed by atoms with Gasteiger partial charge in [0.15, 0.2) is 5.82 Å². The van der Waals surface area contributed by atoms with Gasteiger partial charge >= 0.3 is 0 Å². The number of allylic oxidation sites excluding steroid dienone is 2. The molecule has 0 bridgehead atoms. The molecule has 4 rings (SSSR count). The van der Waals surface area contributed by atoms with E-state index in [1.807, 2.05) is 12.1 Å². The molecule has 0 radical (unpaired) electrons. The highest BCUT2D eigenvalue weighted by Gasteiger charge is 2.33. The van der Waals surface area contributed by atoms with Crippen molar-refractivity contribution in [3.63, 3.8) is 0 Å². The van der Waals surface area contributed by atoms with Crippen LogP contribution in [0.1, 0.15) is 109 Å². The van der Waals surface area contributed by atoms with Crippen LogP contribution in [0.25, 0.3) is 5.57 Å². The second-order valence-corrected chi connectivity index (χ2v) is 11.4. The van der Waals surface area contributed by atoms with E-state index < -0.39 is 0 Å². The maximum Gasteiger partial charge on any atom is 0.153 e. The van der Waals surface area contributed by atoms with Gasteiger partial charge in [-0.25, -0.2) is 4.39 Å². The Labute approximate surface area is 206 Å². The minimum Gasteiger partial charge on any atom is -0.492 e. The SMILES string of the molecule is CCCCOc1ccc(C2=CCC(C3CCC(C4CCC(CC)CC4)CC3)CC2)c(F)c1Cl. The maximum absolute atomic E-state index is 15.0. The van der Waals surface area contributed by atoms with Crippen LogP contribution < -0.4 is 4.74 Å². The van der Waals surface area contributed by atoms with Gasteiger partial charge in [0.25, 0.3) is 0 Å². The summed E-state index contributed by atoms with van der Waals surface area (Å²) in [7, 11) is 0. The molecule has 1 aromatic rings. The summed E-state index contributed by atoms with van der Waals surface area (Å²) in [6, 6.07) is 3.71. The zero-order valence-corrected chi connectivity index (χ0v) is 21.6. The molecule has 2 fully saturated rings. The first-order chi connectivity index (χ1) is 16.1. The van der Waals surface area contributed by atoms with Crippen molar-refractivity contribution >= 4 is 17.2 Å². The summed E-state index contributed by atoms with van der Waals surface area (Å²) in [5.41, 5.74) is 1.81. The van der Waals surface area contributed by atoms with E-state index in [2.05, 4.69) is 19.9 Å². The topological polar surface area (TPSA) is 9.23 Å². The van der Waals surface area contributed by atoms with Crippen molar-refractivity contribution in [2.75, 3.05) is 6.61 Å². The lowest BCUT2D eigenvalue weighted by Crippen LogP contribution is -2.28. The number of benzene rings is 1. The highest BCUT2D eigenvalue weighted by Crippen LogP contribution is 2.46. The third-order valence-electron chi connectivity index (χ3n) is 9.22. The van der Waals surface area contributed by atoms with Gasteiger partial charge < -0.3 is 4.74 Å². The molecule has 0 saturated heterocycles. The van der Waals surface area contributed by atoms with Crippen LogP contribution >= 0.6 is 11.6 Å². The van der Waals surface area contributed by atoms with E-state index >= 15 is 4.39 Å². The van der Waals surface area contributed by atoms with Crippen LogP contribution in [0.3, 0.4) is 0 Å². The highest BCUT2D eigenvalue weighted by atomic mass is 35.5. The van der Waals surface area contributed by atoms with E-state index in [9.17, 15) is 0 Å². The molecule has 0 amide bonds. The van der Waals surface area contributed by atoms with Crippen molar-refractivity contribution in [3.8, 4) is 5.75 Å². The molecular formula is C30H44ClFO. The summed E-state index contributed by atoms with van der Waals surface area (Å²) in [6.07, 6.45) is 20.6. The first kappa shape index (κ1) is 25.1. The lowest BCUT2D eigenvalue weighted by Gasteiger charge is -2.40. The second kappa shape index (κ2) is 12.1. The molecule has 3 aliphatic carbocycles. The molecule has 0 N–H and O–H groups in total. The first-order valence-electron chi connectivity index (χ1n) is 13.9. The van der Waals surface area contributed by atoms with Gasteiger partial charge in [0.2, 0.25) is 0 Å². The molecular weight excluding hydrogens is 431 g/mol. The van der Waals surface area contributed by atoms with Crippen molar-refractivity contribution in [2.45, 2.75) is 104 Å². The Morgan fingerprint density at radius 2 is 1.52 bits per heavy atom. The summed E-state index contributed by atoms with van der Waals surface area (Å²) in [6.45, 7) is 5.06. The van der Waals surface area contributed by atoms with E-state index in [0.29, 0.717) is 17.9 Å². The van der Waals surface area contributed by atoms with Crippen molar-refractivity contribution in [3.05, 3.63) is 34.6 Å². The predicted molar refractivity (Wildman–Crippen MR) is 138 cm³/mol. The summed E-state index contributed by atoms with van der Waals surface area (Å²) in [5.74, 6) is 4.81. The average Bonchev–Trinajstić information content (AvgIpc) is 2.87. The largest absolute Gasteiger partial charge is 0.492 e. The minimum atomic E-state index is -0.311. The number of halogens is 2. The molecule has 3 heteroatoms. The van der Waals surface area contributed by atoms with Crippen LogP contribution in [0.2, 0.25) is 5.02 Å². The zero-order chi connectivity index (χ0) is 23.2. The van der Waals surface area contributed by atoms with Gasteiger partial charge in [-0.3, -0.25) is 0 Å². The molecule has 3 aliphatic rings. The molecule has 33 heavy (non-hydrogen) atoms. The van der Waals surface area contributed by atoms with Gasteiger partial charge in [-0.1, -0.05) is 57.2 Å². The summed E-state index contributed by atoms with van der Waals surface area (Å²) in [5, 5.41) is 0.137. The van der Waals surface area contributed by atoms with Crippen LogP contribution in [0, 0.1) is 35.4 Å². The van der Waals surface area contributed by atoms with Gasteiger partial charge in [-0.05, 0) is 112 Å². The van der Waals surface area contributed by atoms with Gasteiger partial charge in [0.05, 0.1) is 6.61 Å². The molecule has 1 atom stereocenters. The lowest BCUT2D eigenvalue weighted by molar-refractivity contribution is 0.122. The standard InChI is InChI=1S/C30H44ClFO/c1-3-5-20-33-28-19-18-27(30(32)29(28)31)26-16-14-25(15-17-26)24-12-10-23(11-13-24)22-8-6-21(4-2)7-9-22/h16,18-19,21-25H,3-15,17,20H2,1-2H3. The molecule has 1 aromatic carbocycles. The Morgan fingerprint density at radius 1 is 0.879 bits per heavy atom. The first-order valence-corrected chi connectivity index (χ1v) is 14.3. The van der Waals surface area contributed by atoms with Crippen LogP contribution in [-0.2, 0) is 0 Å². The molecule has 2 saturated carbocycles. The van der Waals surface area contributed by atoms with Gasteiger partial charge in [0.1, 0.15) is 10.8 Å². The Morgan fingerprint density at radius 3 is 2.09 bits per heavy atom. The fourth-order valence-corrected chi connectivity index (χ4v) is 7.12. The molecule has 0 aromatic heterocycles. The summed E-state index contributed by atoms with van der Waals surface area (Å²) in [4.78, 5) is 0. The Hall–Kier alpha value is -1.02. The fourth-order valence-electron chi connectivity index (χ4n) is 6.90. The van der Waals surface area contributed by atoms with Crippen molar-refractivity contribution in [2.24, 2.45) is 29.6 Å². The Bertz CT molecular complexity index is 787. The average molecular weight is 475 g/mol. The van der Waals surface area contributed by atoms with E-state index in [4.69, 9.17) is 16.3 Å². The van der Waals surface area contributed by atoms with Gasteiger partial charge in [0, 0.05) is 5.56 Å². The molecule has 1 unspecified atom stereocenters. The fraction of sp³-hybridized carbons (Fsp3) is 0.733. The van der Waals surface area contributed by atoms with E-state index in [1.54, 1.807) is 0 Å².